The first kappa shape index (κ1) is 14.5. The molecule has 0 radical (unpaired) electrons. The van der Waals surface area contributed by atoms with Crippen LogP contribution in [-0.2, 0) is 16.4 Å². The number of carbonyl (C=O) groups excluding carboxylic acids is 1. The van der Waals surface area contributed by atoms with Crippen LogP contribution in [0.15, 0.2) is 6.20 Å². The second-order valence-corrected chi connectivity index (χ2v) is 6.38. The summed E-state index contributed by atoms with van der Waals surface area (Å²) in [4.78, 5) is 13.4. The maximum Gasteiger partial charge on any atom is 0.274 e. The summed E-state index contributed by atoms with van der Waals surface area (Å²) >= 11 is 0. The van der Waals surface area contributed by atoms with Crippen molar-refractivity contribution in [1.82, 2.24) is 14.7 Å². The Hall–Kier alpha value is -1.57. The third-order valence-corrected chi connectivity index (χ3v) is 3.44. The fourth-order valence-electron chi connectivity index (χ4n) is 1.46. The van der Waals surface area contributed by atoms with Gasteiger partial charge < -0.3 is 10.6 Å². The van der Waals surface area contributed by atoms with Crippen LogP contribution in [0.2, 0.25) is 0 Å². The van der Waals surface area contributed by atoms with E-state index in [-0.39, 0.29) is 18.2 Å². The normalized spacial score (nSPS) is 11.5. The van der Waals surface area contributed by atoms with Gasteiger partial charge >= 0.3 is 0 Å². The number of hydrogen-bond acceptors (Lipinski definition) is 5. The number of nitrogens with two attached hydrogens (primary N) is 1. The van der Waals surface area contributed by atoms with Crippen LogP contribution in [0.25, 0.3) is 0 Å². The number of aromatic nitrogens is 2. The Kier molecular flexibility index (Phi) is 4.33. The molecule has 1 aromatic rings. The molecule has 0 aliphatic heterocycles. The molecule has 0 aliphatic rings. The van der Waals surface area contributed by atoms with E-state index >= 15 is 0 Å². The highest BCUT2D eigenvalue weighted by molar-refractivity contribution is 7.90. The first-order chi connectivity index (χ1) is 8.26. The molecular formula is C10H18N4O3S. The zero-order chi connectivity index (χ0) is 13.9. The molecule has 7 nitrogen and oxygen atoms in total. The number of nitrogens with zero attached hydrogens (tertiary/aromatic N) is 3. The Morgan fingerprint density at radius 3 is 2.67 bits per heavy atom. The van der Waals surface area contributed by atoms with E-state index in [0.717, 1.165) is 6.26 Å². The van der Waals surface area contributed by atoms with Crippen LogP contribution in [0.5, 0.6) is 0 Å². The summed E-state index contributed by atoms with van der Waals surface area (Å²) in [6, 6.07) is 0. The van der Waals surface area contributed by atoms with Gasteiger partial charge in [-0.2, -0.15) is 5.10 Å². The predicted octanol–water partition coefficient (Wildman–Crippen LogP) is -0.398. The van der Waals surface area contributed by atoms with Gasteiger partial charge in [0.25, 0.3) is 5.91 Å². The number of hydrogen-bond donors (Lipinski definition) is 1. The largest absolute Gasteiger partial charge is 0.396 e. The van der Waals surface area contributed by atoms with Crippen LogP contribution in [0.3, 0.4) is 0 Å². The van der Waals surface area contributed by atoms with Crippen molar-refractivity contribution >= 4 is 21.4 Å². The minimum Gasteiger partial charge on any atom is -0.396 e. The second-order valence-electron chi connectivity index (χ2n) is 4.12. The highest BCUT2D eigenvalue weighted by Crippen LogP contribution is 2.13. The lowest BCUT2D eigenvalue weighted by Crippen LogP contribution is -2.33. The zero-order valence-corrected chi connectivity index (χ0v) is 11.6. The van der Waals surface area contributed by atoms with E-state index < -0.39 is 9.84 Å². The van der Waals surface area contributed by atoms with E-state index in [1.165, 1.54) is 15.8 Å². The molecule has 0 fully saturated rings. The maximum absolute atomic E-state index is 12.1. The fourth-order valence-corrected chi connectivity index (χ4v) is 2.06. The summed E-state index contributed by atoms with van der Waals surface area (Å²) in [6.07, 6.45) is 2.55. The van der Waals surface area contributed by atoms with Gasteiger partial charge in [-0.1, -0.05) is 0 Å². The summed E-state index contributed by atoms with van der Waals surface area (Å²) in [5.74, 6) is -0.398. The van der Waals surface area contributed by atoms with E-state index in [9.17, 15) is 13.2 Å². The smallest absolute Gasteiger partial charge is 0.274 e. The van der Waals surface area contributed by atoms with Crippen LogP contribution in [0.4, 0.5) is 5.69 Å². The van der Waals surface area contributed by atoms with Crippen molar-refractivity contribution < 1.29 is 13.2 Å². The van der Waals surface area contributed by atoms with Crippen molar-refractivity contribution in [3.8, 4) is 0 Å². The Balaban J connectivity index is 2.83. The van der Waals surface area contributed by atoms with Gasteiger partial charge in [-0.05, 0) is 6.92 Å². The van der Waals surface area contributed by atoms with Gasteiger partial charge in [-0.25, -0.2) is 8.42 Å². The first-order valence-corrected chi connectivity index (χ1v) is 7.56. The fraction of sp³-hybridized carbons (Fsp3) is 0.600. The topological polar surface area (TPSA) is 98.3 Å². The lowest BCUT2D eigenvalue weighted by molar-refractivity contribution is 0.0792. The number of amides is 1. The molecule has 18 heavy (non-hydrogen) atoms. The molecular weight excluding hydrogens is 256 g/mol. The Labute approximate surface area is 106 Å². The Bertz CT molecular complexity index is 535. The van der Waals surface area contributed by atoms with Gasteiger partial charge in [-0.15, -0.1) is 0 Å². The highest BCUT2D eigenvalue weighted by atomic mass is 32.2. The molecule has 0 unspecified atom stereocenters. The third-order valence-electron chi connectivity index (χ3n) is 2.51. The van der Waals surface area contributed by atoms with Crippen molar-refractivity contribution in [2.75, 3.05) is 31.3 Å². The summed E-state index contributed by atoms with van der Waals surface area (Å²) in [5, 5.41) is 3.97. The molecule has 1 amide bonds. The number of rotatable bonds is 5. The number of anilines is 1. The highest BCUT2D eigenvalue weighted by Gasteiger charge is 2.20. The molecule has 1 rings (SSSR count). The van der Waals surface area contributed by atoms with Crippen molar-refractivity contribution in [2.24, 2.45) is 0 Å². The number of carbonyl (C=O) groups is 1. The Morgan fingerprint density at radius 2 is 2.17 bits per heavy atom. The zero-order valence-electron chi connectivity index (χ0n) is 10.8. The molecule has 1 heterocycles. The number of nitrogen functional groups attached to an aromatic ring is 1. The molecule has 0 bridgehead atoms. The Morgan fingerprint density at radius 1 is 1.56 bits per heavy atom. The van der Waals surface area contributed by atoms with E-state index in [4.69, 9.17) is 5.73 Å². The van der Waals surface area contributed by atoms with Gasteiger partial charge in [-0.3, -0.25) is 9.48 Å². The molecule has 0 saturated carbocycles. The van der Waals surface area contributed by atoms with Crippen molar-refractivity contribution in [3.63, 3.8) is 0 Å². The maximum atomic E-state index is 12.1. The standard InChI is InChI=1S/C10H18N4O3S/c1-4-14-9(8(11)7-12-14)10(15)13(2)5-6-18(3,16)17/h7H,4-6,11H2,1-3H3. The van der Waals surface area contributed by atoms with Gasteiger partial charge in [0.15, 0.2) is 0 Å². The molecule has 0 spiro atoms. The van der Waals surface area contributed by atoms with E-state index in [2.05, 4.69) is 5.10 Å². The third kappa shape index (κ3) is 3.46. The summed E-state index contributed by atoms with van der Waals surface area (Å²) in [6.45, 7) is 2.50. The van der Waals surface area contributed by atoms with E-state index in [1.807, 2.05) is 6.92 Å². The van der Waals surface area contributed by atoms with Crippen molar-refractivity contribution in [2.45, 2.75) is 13.5 Å². The van der Waals surface area contributed by atoms with Crippen LogP contribution >= 0.6 is 0 Å². The number of sulfone groups is 1. The number of aryl methyl sites for hydroxylation is 1. The van der Waals surface area contributed by atoms with Crippen LogP contribution in [-0.4, -0.2) is 54.6 Å². The molecule has 102 valence electrons. The quantitative estimate of drug-likeness (QED) is 0.788. The predicted molar refractivity (Wildman–Crippen MR) is 69.0 cm³/mol. The SMILES string of the molecule is CCn1ncc(N)c1C(=O)N(C)CCS(C)(=O)=O. The van der Waals surface area contributed by atoms with Crippen molar-refractivity contribution in [1.29, 1.82) is 0 Å². The van der Waals surface area contributed by atoms with E-state index in [0.29, 0.717) is 17.9 Å². The molecule has 0 aromatic carbocycles. The molecule has 1 aromatic heterocycles. The average molecular weight is 274 g/mol. The van der Waals surface area contributed by atoms with Crippen LogP contribution in [0, 0.1) is 0 Å². The van der Waals surface area contributed by atoms with Crippen LogP contribution in [0.1, 0.15) is 17.4 Å². The lowest BCUT2D eigenvalue weighted by Gasteiger charge is -2.17. The monoisotopic (exact) mass is 274 g/mol. The van der Waals surface area contributed by atoms with Crippen molar-refractivity contribution in [3.05, 3.63) is 11.9 Å². The average Bonchev–Trinajstić information content (AvgIpc) is 2.65. The summed E-state index contributed by atoms with van der Waals surface area (Å²) in [5.41, 5.74) is 6.29. The molecule has 0 saturated heterocycles. The first-order valence-electron chi connectivity index (χ1n) is 5.50. The summed E-state index contributed by atoms with van der Waals surface area (Å²) in [7, 11) is -1.55. The minimum absolute atomic E-state index is 0.0740. The summed E-state index contributed by atoms with van der Waals surface area (Å²) < 4.78 is 23.6. The molecule has 0 atom stereocenters. The molecule has 8 heteroatoms. The van der Waals surface area contributed by atoms with Gasteiger partial charge in [0.2, 0.25) is 0 Å². The van der Waals surface area contributed by atoms with Crippen LogP contribution < -0.4 is 5.73 Å². The van der Waals surface area contributed by atoms with E-state index in [1.54, 1.807) is 7.05 Å². The van der Waals surface area contributed by atoms with Gasteiger partial charge in [0, 0.05) is 26.4 Å². The molecule has 0 aliphatic carbocycles. The lowest BCUT2D eigenvalue weighted by atomic mass is 10.3. The van der Waals surface area contributed by atoms with Gasteiger partial charge in [0.1, 0.15) is 15.5 Å². The minimum atomic E-state index is -3.09. The second kappa shape index (κ2) is 5.38. The van der Waals surface area contributed by atoms with Gasteiger partial charge in [0.05, 0.1) is 17.6 Å². The molecule has 2 N–H and O–H groups in total.